The fraction of sp³-hybridized carbons (Fsp3) is 0.438. The third kappa shape index (κ3) is 3.93. The molecule has 0 amide bonds. The van der Waals surface area contributed by atoms with Crippen LogP contribution in [0.15, 0.2) is 36.7 Å². The summed E-state index contributed by atoms with van der Waals surface area (Å²) in [6, 6.07) is 9.19. The topological polar surface area (TPSA) is 29.9 Å². The number of hydrogen-bond acceptors (Lipinski definition) is 2. The SMILES string of the molecule is CCn1cc(CC(Cc2cccc(C)c2)NC)cn1. The van der Waals surface area contributed by atoms with E-state index < -0.39 is 0 Å². The van der Waals surface area contributed by atoms with Gasteiger partial charge in [0.1, 0.15) is 0 Å². The lowest BCUT2D eigenvalue weighted by Gasteiger charge is -2.15. The molecule has 102 valence electrons. The van der Waals surface area contributed by atoms with Crippen LogP contribution < -0.4 is 5.32 Å². The van der Waals surface area contributed by atoms with E-state index in [1.807, 2.05) is 17.9 Å². The molecule has 1 aromatic heterocycles. The standard InChI is InChI=1S/C16H23N3/c1-4-19-12-15(11-18-19)10-16(17-3)9-14-7-5-6-13(2)8-14/h5-8,11-12,16-17H,4,9-10H2,1-3H3. The Hall–Kier alpha value is -1.61. The summed E-state index contributed by atoms with van der Waals surface area (Å²) < 4.78 is 1.98. The molecule has 1 atom stereocenters. The summed E-state index contributed by atoms with van der Waals surface area (Å²) in [5.74, 6) is 0. The number of benzene rings is 1. The van der Waals surface area contributed by atoms with Crippen molar-refractivity contribution < 1.29 is 0 Å². The van der Waals surface area contributed by atoms with E-state index in [1.54, 1.807) is 0 Å². The molecule has 0 bridgehead atoms. The van der Waals surface area contributed by atoms with Crippen molar-refractivity contribution in [2.45, 2.75) is 39.3 Å². The van der Waals surface area contributed by atoms with Gasteiger partial charge in [0.05, 0.1) is 6.20 Å². The number of nitrogens with one attached hydrogen (secondary N) is 1. The molecule has 2 aromatic rings. The Morgan fingerprint density at radius 3 is 2.68 bits per heavy atom. The van der Waals surface area contributed by atoms with Crippen LogP contribution in [0.1, 0.15) is 23.6 Å². The van der Waals surface area contributed by atoms with E-state index in [2.05, 4.69) is 54.7 Å². The molecule has 3 heteroatoms. The molecular weight excluding hydrogens is 234 g/mol. The minimum absolute atomic E-state index is 0.455. The summed E-state index contributed by atoms with van der Waals surface area (Å²) in [6.07, 6.45) is 6.19. The van der Waals surface area contributed by atoms with Gasteiger partial charge in [-0.25, -0.2) is 0 Å². The molecule has 1 N–H and O–H groups in total. The van der Waals surface area contributed by atoms with Crippen LogP contribution in [0, 0.1) is 6.92 Å². The molecule has 0 spiro atoms. The van der Waals surface area contributed by atoms with E-state index in [4.69, 9.17) is 0 Å². The largest absolute Gasteiger partial charge is 0.316 e. The highest BCUT2D eigenvalue weighted by Crippen LogP contribution is 2.10. The number of nitrogens with zero attached hydrogens (tertiary/aromatic N) is 2. The summed E-state index contributed by atoms with van der Waals surface area (Å²) in [6.45, 7) is 5.18. The van der Waals surface area contributed by atoms with Crippen LogP contribution in [0.2, 0.25) is 0 Å². The summed E-state index contributed by atoms with van der Waals surface area (Å²) in [5.41, 5.74) is 4.02. The maximum Gasteiger partial charge on any atom is 0.0522 e. The van der Waals surface area contributed by atoms with Gasteiger partial charge in [-0.2, -0.15) is 5.10 Å². The van der Waals surface area contributed by atoms with E-state index in [9.17, 15) is 0 Å². The summed E-state index contributed by atoms with van der Waals surface area (Å²) in [7, 11) is 2.03. The minimum Gasteiger partial charge on any atom is -0.316 e. The van der Waals surface area contributed by atoms with Gasteiger partial charge >= 0.3 is 0 Å². The van der Waals surface area contributed by atoms with Gasteiger partial charge in [-0.3, -0.25) is 4.68 Å². The second kappa shape index (κ2) is 6.53. The van der Waals surface area contributed by atoms with Crippen molar-refractivity contribution in [3.63, 3.8) is 0 Å². The Labute approximate surface area is 115 Å². The lowest BCUT2D eigenvalue weighted by atomic mass is 10.00. The van der Waals surface area contributed by atoms with Crippen LogP contribution in [0.4, 0.5) is 0 Å². The molecule has 19 heavy (non-hydrogen) atoms. The third-order valence-corrected chi connectivity index (χ3v) is 3.47. The first-order valence-electron chi connectivity index (χ1n) is 6.95. The molecule has 0 saturated carbocycles. The van der Waals surface area contributed by atoms with E-state index in [-0.39, 0.29) is 0 Å². The smallest absolute Gasteiger partial charge is 0.0522 e. The van der Waals surface area contributed by atoms with Gasteiger partial charge < -0.3 is 5.32 Å². The second-order valence-electron chi connectivity index (χ2n) is 5.09. The zero-order valence-electron chi connectivity index (χ0n) is 12.1. The minimum atomic E-state index is 0.455. The van der Waals surface area contributed by atoms with Crippen molar-refractivity contribution >= 4 is 0 Å². The number of hydrogen-bond donors (Lipinski definition) is 1. The molecule has 3 nitrogen and oxygen atoms in total. The summed E-state index contributed by atoms with van der Waals surface area (Å²) >= 11 is 0. The highest BCUT2D eigenvalue weighted by atomic mass is 15.3. The molecule has 0 fully saturated rings. The van der Waals surface area contributed by atoms with Gasteiger partial charge in [-0.1, -0.05) is 29.8 Å². The summed E-state index contributed by atoms with van der Waals surface area (Å²) in [4.78, 5) is 0. The Balaban J connectivity index is 2.00. The van der Waals surface area contributed by atoms with Crippen LogP contribution in [-0.4, -0.2) is 22.9 Å². The molecule has 0 aliphatic carbocycles. The molecule has 0 aliphatic rings. The summed E-state index contributed by atoms with van der Waals surface area (Å²) in [5, 5.41) is 7.74. The number of aryl methyl sites for hydroxylation is 2. The van der Waals surface area contributed by atoms with Crippen molar-refractivity contribution in [1.29, 1.82) is 0 Å². The highest BCUT2D eigenvalue weighted by Gasteiger charge is 2.10. The van der Waals surface area contributed by atoms with Gasteiger partial charge in [0.2, 0.25) is 0 Å². The second-order valence-corrected chi connectivity index (χ2v) is 5.09. The normalized spacial score (nSPS) is 12.6. The quantitative estimate of drug-likeness (QED) is 0.862. The van der Waals surface area contributed by atoms with E-state index in [1.165, 1.54) is 16.7 Å². The zero-order chi connectivity index (χ0) is 13.7. The first-order chi connectivity index (χ1) is 9.21. The van der Waals surface area contributed by atoms with Crippen molar-refractivity contribution in [3.8, 4) is 0 Å². The Bertz CT molecular complexity index is 516. The average Bonchev–Trinajstić information content (AvgIpc) is 2.85. The fourth-order valence-electron chi connectivity index (χ4n) is 2.37. The van der Waals surface area contributed by atoms with Crippen molar-refractivity contribution in [2.24, 2.45) is 0 Å². The van der Waals surface area contributed by atoms with Gasteiger partial charge in [0, 0.05) is 18.8 Å². The Kier molecular flexibility index (Phi) is 4.74. The van der Waals surface area contributed by atoms with Crippen molar-refractivity contribution in [1.82, 2.24) is 15.1 Å². The predicted molar refractivity (Wildman–Crippen MR) is 79.3 cm³/mol. The first-order valence-corrected chi connectivity index (χ1v) is 6.95. The van der Waals surface area contributed by atoms with Crippen molar-refractivity contribution in [3.05, 3.63) is 53.3 Å². The zero-order valence-corrected chi connectivity index (χ0v) is 12.1. The third-order valence-electron chi connectivity index (χ3n) is 3.47. The van der Waals surface area contributed by atoms with E-state index >= 15 is 0 Å². The lowest BCUT2D eigenvalue weighted by Crippen LogP contribution is -2.29. The molecule has 1 aromatic carbocycles. The average molecular weight is 257 g/mol. The lowest BCUT2D eigenvalue weighted by molar-refractivity contribution is 0.555. The maximum atomic E-state index is 4.33. The van der Waals surface area contributed by atoms with E-state index in [0.29, 0.717) is 6.04 Å². The van der Waals surface area contributed by atoms with Crippen LogP contribution in [-0.2, 0) is 19.4 Å². The van der Waals surface area contributed by atoms with E-state index in [0.717, 1.165) is 19.4 Å². The van der Waals surface area contributed by atoms with Gasteiger partial charge in [-0.05, 0) is 44.9 Å². The van der Waals surface area contributed by atoms with Crippen molar-refractivity contribution in [2.75, 3.05) is 7.05 Å². The number of likely N-dealkylation sites (N-methyl/N-ethyl adjacent to an activating group) is 1. The molecule has 2 rings (SSSR count). The molecule has 0 saturated heterocycles. The van der Waals surface area contributed by atoms with Gasteiger partial charge in [0.25, 0.3) is 0 Å². The number of aromatic nitrogens is 2. The molecule has 0 aliphatic heterocycles. The van der Waals surface area contributed by atoms with Crippen LogP contribution in [0.25, 0.3) is 0 Å². The molecule has 1 heterocycles. The van der Waals surface area contributed by atoms with Crippen LogP contribution >= 0.6 is 0 Å². The van der Waals surface area contributed by atoms with Crippen LogP contribution in [0.3, 0.4) is 0 Å². The van der Waals surface area contributed by atoms with Crippen LogP contribution in [0.5, 0.6) is 0 Å². The molecule has 1 unspecified atom stereocenters. The Morgan fingerprint density at radius 1 is 1.26 bits per heavy atom. The van der Waals surface area contributed by atoms with Gasteiger partial charge in [-0.15, -0.1) is 0 Å². The monoisotopic (exact) mass is 257 g/mol. The fourth-order valence-corrected chi connectivity index (χ4v) is 2.37. The Morgan fingerprint density at radius 2 is 2.05 bits per heavy atom. The molecular formula is C16H23N3. The first kappa shape index (κ1) is 13.8. The predicted octanol–water partition coefficient (Wildman–Crippen LogP) is 2.58. The number of rotatable bonds is 6. The molecule has 0 radical (unpaired) electrons. The highest BCUT2D eigenvalue weighted by molar-refractivity contribution is 5.23. The maximum absolute atomic E-state index is 4.33. The van der Waals surface area contributed by atoms with Gasteiger partial charge in [0.15, 0.2) is 0 Å².